The minimum Gasteiger partial charge on any atom is -0.489 e. The first-order chi connectivity index (χ1) is 14.9. The van der Waals surface area contributed by atoms with Crippen molar-refractivity contribution in [3.63, 3.8) is 0 Å². The summed E-state index contributed by atoms with van der Waals surface area (Å²) in [5, 5.41) is 9.86. The van der Waals surface area contributed by atoms with E-state index in [9.17, 15) is 14.3 Å². The van der Waals surface area contributed by atoms with Gasteiger partial charge in [-0.1, -0.05) is 25.5 Å². The maximum absolute atomic E-state index is 14.4. The van der Waals surface area contributed by atoms with Crippen molar-refractivity contribution < 1.29 is 19.0 Å². The first kappa shape index (κ1) is 21.1. The summed E-state index contributed by atoms with van der Waals surface area (Å²) in [5.74, 6) is -0.0662. The molecule has 1 saturated carbocycles. The SMILES string of the molecule is CCC1(C(=O)O)CCCC1c1cc(F)cc(OCc2ccc(-n3ccnc3C)cc2)c1. The van der Waals surface area contributed by atoms with Crippen molar-refractivity contribution in [2.45, 2.75) is 52.1 Å². The maximum atomic E-state index is 14.4. The molecule has 0 radical (unpaired) electrons. The van der Waals surface area contributed by atoms with Crippen LogP contribution in [0.1, 0.15) is 55.5 Å². The molecular weight excluding hydrogens is 395 g/mol. The molecule has 2 aromatic carbocycles. The van der Waals surface area contributed by atoms with Crippen LogP contribution in [-0.2, 0) is 11.4 Å². The first-order valence-electron chi connectivity index (χ1n) is 10.7. The molecule has 0 saturated heterocycles. The van der Waals surface area contributed by atoms with Crippen LogP contribution in [0.4, 0.5) is 4.39 Å². The standard InChI is InChI=1S/C25H27FN2O3/c1-3-25(24(29)30)10-4-5-23(25)19-13-20(26)15-22(14-19)31-16-18-6-8-21(9-7-18)28-12-11-27-17(28)2/h6-9,11-15,23H,3-5,10,16H2,1-2H3,(H,29,30). The van der Waals surface area contributed by atoms with Crippen LogP contribution in [0, 0.1) is 18.2 Å². The van der Waals surface area contributed by atoms with Gasteiger partial charge in [0.1, 0.15) is 24.0 Å². The van der Waals surface area contributed by atoms with E-state index in [1.54, 1.807) is 12.3 Å². The van der Waals surface area contributed by atoms with Crippen LogP contribution in [0.2, 0.25) is 0 Å². The summed E-state index contributed by atoms with van der Waals surface area (Å²) in [6.07, 6.45) is 6.40. The molecule has 6 heteroatoms. The lowest BCUT2D eigenvalue weighted by Crippen LogP contribution is -2.32. The molecule has 3 aromatic rings. The molecule has 1 N–H and O–H groups in total. The monoisotopic (exact) mass is 422 g/mol. The van der Waals surface area contributed by atoms with Gasteiger partial charge in [0.05, 0.1) is 5.41 Å². The Kier molecular flexibility index (Phi) is 5.81. The summed E-state index contributed by atoms with van der Waals surface area (Å²) < 4.78 is 22.3. The predicted molar refractivity (Wildman–Crippen MR) is 116 cm³/mol. The van der Waals surface area contributed by atoms with Gasteiger partial charge in [0.15, 0.2) is 0 Å². The van der Waals surface area contributed by atoms with Crippen molar-refractivity contribution >= 4 is 5.97 Å². The Morgan fingerprint density at radius 3 is 2.71 bits per heavy atom. The number of rotatable bonds is 7. The van der Waals surface area contributed by atoms with Gasteiger partial charge in [-0.15, -0.1) is 0 Å². The van der Waals surface area contributed by atoms with Gasteiger partial charge >= 0.3 is 5.97 Å². The Morgan fingerprint density at radius 2 is 2.06 bits per heavy atom. The van der Waals surface area contributed by atoms with Crippen LogP contribution in [0.15, 0.2) is 54.9 Å². The van der Waals surface area contributed by atoms with Gasteiger partial charge in [-0.25, -0.2) is 9.37 Å². The van der Waals surface area contributed by atoms with E-state index in [0.29, 0.717) is 30.8 Å². The van der Waals surface area contributed by atoms with Crippen LogP contribution in [0.25, 0.3) is 5.69 Å². The minimum atomic E-state index is -0.827. The van der Waals surface area contributed by atoms with E-state index < -0.39 is 17.2 Å². The Balaban J connectivity index is 1.51. The number of halogens is 1. The lowest BCUT2D eigenvalue weighted by Gasteiger charge is -2.30. The smallest absolute Gasteiger partial charge is 0.310 e. The average molecular weight is 423 g/mol. The van der Waals surface area contributed by atoms with Gasteiger partial charge < -0.3 is 14.4 Å². The molecule has 162 valence electrons. The number of imidazole rings is 1. The van der Waals surface area contributed by atoms with Gasteiger partial charge in [-0.3, -0.25) is 4.79 Å². The number of carbonyl (C=O) groups is 1. The maximum Gasteiger partial charge on any atom is 0.310 e. The molecule has 1 heterocycles. The molecule has 2 unspecified atom stereocenters. The number of hydrogen-bond acceptors (Lipinski definition) is 3. The molecule has 1 aliphatic carbocycles. The third-order valence-electron chi connectivity index (χ3n) is 6.58. The van der Waals surface area contributed by atoms with Crippen molar-refractivity contribution in [1.29, 1.82) is 0 Å². The number of nitrogens with zero attached hydrogens (tertiary/aromatic N) is 2. The van der Waals surface area contributed by atoms with Crippen LogP contribution in [0.5, 0.6) is 5.75 Å². The van der Waals surface area contributed by atoms with Crippen LogP contribution >= 0.6 is 0 Å². The molecule has 1 aromatic heterocycles. The minimum absolute atomic E-state index is 0.203. The Hall–Kier alpha value is -3.15. The zero-order valence-electron chi connectivity index (χ0n) is 17.8. The summed E-state index contributed by atoms with van der Waals surface area (Å²) in [7, 11) is 0. The fraction of sp³-hybridized carbons (Fsp3) is 0.360. The van der Waals surface area contributed by atoms with E-state index in [1.165, 1.54) is 12.1 Å². The normalized spacial score (nSPS) is 20.7. The molecule has 1 fully saturated rings. The molecule has 0 spiro atoms. The van der Waals surface area contributed by atoms with Gasteiger partial charge in [0, 0.05) is 30.1 Å². The molecule has 31 heavy (non-hydrogen) atoms. The molecule has 1 aliphatic rings. The zero-order valence-corrected chi connectivity index (χ0v) is 17.8. The van der Waals surface area contributed by atoms with E-state index in [-0.39, 0.29) is 5.92 Å². The summed E-state index contributed by atoms with van der Waals surface area (Å²) in [4.78, 5) is 16.3. The van der Waals surface area contributed by atoms with Crippen molar-refractivity contribution in [2.75, 3.05) is 0 Å². The van der Waals surface area contributed by atoms with Crippen LogP contribution in [0.3, 0.4) is 0 Å². The zero-order chi connectivity index (χ0) is 22.0. The number of aliphatic carboxylic acids is 1. The van der Waals surface area contributed by atoms with E-state index in [4.69, 9.17) is 4.74 Å². The average Bonchev–Trinajstić information content (AvgIpc) is 3.39. The van der Waals surface area contributed by atoms with Gasteiger partial charge in [-0.05, 0) is 61.6 Å². The molecule has 2 atom stereocenters. The second-order valence-corrected chi connectivity index (χ2v) is 8.28. The highest BCUT2D eigenvalue weighted by atomic mass is 19.1. The fourth-order valence-electron chi connectivity index (χ4n) is 4.83. The molecule has 0 bridgehead atoms. The largest absolute Gasteiger partial charge is 0.489 e. The van der Waals surface area contributed by atoms with E-state index in [2.05, 4.69) is 4.98 Å². The predicted octanol–water partition coefficient (Wildman–Crippen LogP) is 5.65. The lowest BCUT2D eigenvalue weighted by atomic mass is 9.72. The Morgan fingerprint density at radius 1 is 1.29 bits per heavy atom. The summed E-state index contributed by atoms with van der Waals surface area (Å²) in [5.41, 5.74) is 1.86. The molecular formula is C25H27FN2O3. The van der Waals surface area contributed by atoms with Crippen molar-refractivity contribution in [3.05, 3.63) is 77.6 Å². The second-order valence-electron chi connectivity index (χ2n) is 8.28. The number of aryl methyl sites for hydroxylation is 1. The molecule has 0 amide bonds. The highest BCUT2D eigenvalue weighted by Gasteiger charge is 2.48. The quantitative estimate of drug-likeness (QED) is 0.535. The first-order valence-corrected chi connectivity index (χ1v) is 10.7. The summed E-state index contributed by atoms with van der Waals surface area (Å²) in [6, 6.07) is 12.5. The highest BCUT2D eigenvalue weighted by molar-refractivity contribution is 5.76. The number of ether oxygens (including phenoxy) is 1. The van der Waals surface area contributed by atoms with Crippen molar-refractivity contribution in [2.24, 2.45) is 5.41 Å². The van der Waals surface area contributed by atoms with E-state index >= 15 is 0 Å². The lowest BCUT2D eigenvalue weighted by molar-refractivity contribution is -0.149. The molecule has 4 rings (SSSR count). The van der Waals surface area contributed by atoms with Crippen LogP contribution < -0.4 is 4.74 Å². The Labute approximate surface area is 181 Å². The van der Waals surface area contributed by atoms with Crippen LogP contribution in [-0.4, -0.2) is 20.6 Å². The summed E-state index contributed by atoms with van der Waals surface area (Å²) in [6.45, 7) is 4.15. The summed E-state index contributed by atoms with van der Waals surface area (Å²) >= 11 is 0. The fourth-order valence-corrected chi connectivity index (χ4v) is 4.83. The third-order valence-corrected chi connectivity index (χ3v) is 6.58. The van der Waals surface area contributed by atoms with Gasteiger partial charge in [0.2, 0.25) is 0 Å². The Bertz CT molecular complexity index is 1080. The topological polar surface area (TPSA) is 64.3 Å². The van der Waals surface area contributed by atoms with E-state index in [0.717, 1.165) is 29.9 Å². The van der Waals surface area contributed by atoms with Gasteiger partial charge in [0.25, 0.3) is 0 Å². The van der Waals surface area contributed by atoms with Crippen molar-refractivity contribution in [1.82, 2.24) is 9.55 Å². The number of hydrogen-bond donors (Lipinski definition) is 1. The number of benzene rings is 2. The molecule has 0 aliphatic heterocycles. The second kappa shape index (κ2) is 8.53. The van der Waals surface area contributed by atoms with Gasteiger partial charge in [-0.2, -0.15) is 0 Å². The number of aromatic nitrogens is 2. The van der Waals surface area contributed by atoms with E-state index in [1.807, 2.05) is 48.9 Å². The van der Waals surface area contributed by atoms with Crippen molar-refractivity contribution in [3.8, 4) is 11.4 Å². The number of carboxylic acids is 1. The molecule has 5 nitrogen and oxygen atoms in total. The highest BCUT2D eigenvalue weighted by Crippen LogP contribution is 2.52. The third kappa shape index (κ3) is 4.07. The number of carboxylic acid groups (broad SMARTS) is 1.